The molecule has 0 aliphatic heterocycles. The second-order valence-electron chi connectivity index (χ2n) is 5.34. The molecule has 7 heteroatoms. The minimum atomic E-state index is -0.497. The molecule has 0 saturated carbocycles. The predicted octanol–water partition coefficient (Wildman–Crippen LogP) is 1.90. The highest BCUT2D eigenvalue weighted by atomic mass is 19.1. The molecule has 3 aromatic rings. The summed E-state index contributed by atoms with van der Waals surface area (Å²) in [5.41, 5.74) is 0.570. The Bertz CT molecular complexity index is 967. The third-order valence-corrected chi connectivity index (χ3v) is 3.70. The van der Waals surface area contributed by atoms with Crippen molar-refractivity contribution in [3.05, 3.63) is 70.4 Å². The maximum absolute atomic E-state index is 13.2. The van der Waals surface area contributed by atoms with Crippen LogP contribution in [0.25, 0.3) is 16.7 Å². The summed E-state index contributed by atoms with van der Waals surface area (Å²) in [5.74, 6) is -0.872. The third kappa shape index (κ3) is 3.41. The first-order valence-corrected chi connectivity index (χ1v) is 7.65. The number of ether oxygens (including phenoxy) is 1. The number of hydrogen-bond acceptors (Lipinski definition) is 4. The molecule has 0 bridgehead atoms. The number of rotatable bonds is 5. The van der Waals surface area contributed by atoms with Crippen LogP contribution in [0.5, 0.6) is 0 Å². The molecule has 1 aromatic carbocycles. The van der Waals surface area contributed by atoms with Crippen LogP contribution in [0.3, 0.4) is 0 Å². The number of hydrogen-bond donors (Lipinski definition) is 1. The van der Waals surface area contributed by atoms with Gasteiger partial charge in [0.15, 0.2) is 0 Å². The van der Waals surface area contributed by atoms with Gasteiger partial charge in [-0.1, -0.05) is 0 Å². The van der Waals surface area contributed by atoms with E-state index in [0.29, 0.717) is 23.3 Å². The van der Waals surface area contributed by atoms with Crippen LogP contribution in [0.2, 0.25) is 0 Å². The van der Waals surface area contributed by atoms with Crippen molar-refractivity contribution in [2.45, 2.75) is 0 Å². The van der Waals surface area contributed by atoms with Crippen molar-refractivity contribution >= 4 is 16.9 Å². The zero-order valence-electron chi connectivity index (χ0n) is 13.5. The zero-order valence-corrected chi connectivity index (χ0v) is 13.5. The van der Waals surface area contributed by atoms with Gasteiger partial charge in [-0.15, -0.1) is 0 Å². The van der Waals surface area contributed by atoms with Crippen LogP contribution in [0.15, 0.2) is 53.6 Å². The molecular weight excluding hydrogens is 325 g/mol. The van der Waals surface area contributed by atoms with Gasteiger partial charge in [0.05, 0.1) is 12.0 Å². The number of amides is 1. The van der Waals surface area contributed by atoms with E-state index in [1.807, 2.05) is 0 Å². The Hall–Kier alpha value is -3.06. The van der Waals surface area contributed by atoms with Crippen molar-refractivity contribution in [1.82, 2.24) is 14.9 Å². The first-order valence-electron chi connectivity index (χ1n) is 7.65. The second-order valence-corrected chi connectivity index (χ2v) is 5.34. The third-order valence-electron chi connectivity index (χ3n) is 3.70. The quantitative estimate of drug-likeness (QED) is 0.720. The average molecular weight is 341 g/mol. The lowest BCUT2D eigenvalue weighted by Crippen LogP contribution is -2.32. The van der Waals surface area contributed by atoms with E-state index in [2.05, 4.69) is 10.3 Å². The number of nitrogens with one attached hydrogen (secondary N) is 1. The maximum Gasteiger partial charge on any atom is 0.256 e. The lowest BCUT2D eigenvalue weighted by Gasteiger charge is -2.13. The lowest BCUT2D eigenvalue weighted by atomic mass is 10.1. The molecule has 128 valence electrons. The van der Waals surface area contributed by atoms with Crippen LogP contribution in [-0.4, -0.2) is 35.7 Å². The molecule has 6 nitrogen and oxygen atoms in total. The topological polar surface area (TPSA) is 73.2 Å². The van der Waals surface area contributed by atoms with Crippen LogP contribution in [-0.2, 0) is 4.74 Å². The molecule has 0 saturated heterocycles. The van der Waals surface area contributed by atoms with Gasteiger partial charge >= 0.3 is 0 Å². The molecule has 1 N–H and O–H groups in total. The first-order chi connectivity index (χ1) is 12.1. The van der Waals surface area contributed by atoms with Gasteiger partial charge in [-0.3, -0.25) is 9.59 Å². The fourth-order valence-electron chi connectivity index (χ4n) is 2.48. The maximum atomic E-state index is 13.2. The molecule has 25 heavy (non-hydrogen) atoms. The van der Waals surface area contributed by atoms with Gasteiger partial charge in [0.1, 0.15) is 17.0 Å². The summed E-state index contributed by atoms with van der Waals surface area (Å²) in [6.07, 6.45) is 2.98. The molecular formula is C18H16FN3O3. The molecule has 0 fully saturated rings. The number of nitrogens with zero attached hydrogens (tertiary/aromatic N) is 2. The summed E-state index contributed by atoms with van der Waals surface area (Å²) < 4.78 is 19.7. The lowest BCUT2D eigenvalue weighted by molar-refractivity contribution is 0.0935. The summed E-state index contributed by atoms with van der Waals surface area (Å²) in [6, 6.07) is 8.96. The summed E-state index contributed by atoms with van der Waals surface area (Å²) in [6.45, 7) is 0.628. The normalized spacial score (nSPS) is 10.8. The molecule has 0 spiro atoms. The molecule has 0 radical (unpaired) electrons. The van der Waals surface area contributed by atoms with Crippen LogP contribution in [0.4, 0.5) is 4.39 Å². The number of aromatic nitrogens is 2. The molecule has 0 unspecified atom stereocenters. The fourth-order valence-corrected chi connectivity index (χ4v) is 2.48. The first kappa shape index (κ1) is 16.8. The molecule has 1 amide bonds. The Morgan fingerprint density at radius 1 is 1.28 bits per heavy atom. The van der Waals surface area contributed by atoms with Gasteiger partial charge < -0.3 is 14.6 Å². The van der Waals surface area contributed by atoms with Crippen molar-refractivity contribution in [1.29, 1.82) is 0 Å². The standard InChI is InChI=1S/C18H16FN3O3/c1-25-10-9-21-18(24)15-11-22(13-6-4-12(19)5-7-13)17-14(16(15)23)3-2-8-20-17/h2-8,11H,9-10H2,1H3,(H,21,24). The Balaban J connectivity index is 2.16. The second kappa shape index (κ2) is 7.23. The van der Waals surface area contributed by atoms with Crippen LogP contribution >= 0.6 is 0 Å². The van der Waals surface area contributed by atoms with E-state index in [1.165, 1.54) is 25.4 Å². The number of pyridine rings is 2. The van der Waals surface area contributed by atoms with E-state index < -0.39 is 11.3 Å². The largest absolute Gasteiger partial charge is 0.383 e. The van der Waals surface area contributed by atoms with E-state index in [0.717, 1.165) is 0 Å². The van der Waals surface area contributed by atoms with Gasteiger partial charge in [-0.05, 0) is 36.4 Å². The van der Waals surface area contributed by atoms with E-state index in [1.54, 1.807) is 35.0 Å². The van der Waals surface area contributed by atoms with Crippen LogP contribution in [0.1, 0.15) is 10.4 Å². The van der Waals surface area contributed by atoms with Crippen molar-refractivity contribution in [2.24, 2.45) is 0 Å². The highest BCUT2D eigenvalue weighted by Gasteiger charge is 2.16. The summed E-state index contributed by atoms with van der Waals surface area (Å²) in [4.78, 5) is 29.2. The van der Waals surface area contributed by atoms with Gasteiger partial charge in [-0.2, -0.15) is 0 Å². The van der Waals surface area contributed by atoms with Crippen LogP contribution < -0.4 is 10.7 Å². The smallest absolute Gasteiger partial charge is 0.256 e. The van der Waals surface area contributed by atoms with Crippen molar-refractivity contribution < 1.29 is 13.9 Å². The number of carbonyl (C=O) groups excluding carboxylic acids is 1. The van der Waals surface area contributed by atoms with Crippen LogP contribution in [0, 0.1) is 5.82 Å². The zero-order chi connectivity index (χ0) is 17.8. The van der Waals surface area contributed by atoms with Crippen molar-refractivity contribution in [3.63, 3.8) is 0 Å². The molecule has 0 aliphatic rings. The number of fused-ring (bicyclic) bond motifs is 1. The van der Waals surface area contributed by atoms with E-state index in [4.69, 9.17) is 4.74 Å². The molecule has 2 heterocycles. The average Bonchev–Trinajstić information content (AvgIpc) is 2.63. The summed E-state index contributed by atoms with van der Waals surface area (Å²) >= 11 is 0. The van der Waals surface area contributed by atoms with Gasteiger partial charge in [0.25, 0.3) is 5.91 Å². The highest BCUT2D eigenvalue weighted by Crippen LogP contribution is 2.16. The van der Waals surface area contributed by atoms with Gasteiger partial charge in [-0.25, -0.2) is 9.37 Å². The Kier molecular flexibility index (Phi) is 4.85. The summed E-state index contributed by atoms with van der Waals surface area (Å²) in [7, 11) is 1.52. The molecule has 0 atom stereocenters. The Labute approximate surface area is 142 Å². The number of methoxy groups -OCH3 is 1. The highest BCUT2D eigenvalue weighted by molar-refractivity contribution is 5.97. The molecule has 0 aliphatic carbocycles. The van der Waals surface area contributed by atoms with E-state index in [-0.39, 0.29) is 17.9 Å². The Morgan fingerprint density at radius 3 is 2.76 bits per heavy atom. The molecule has 3 rings (SSSR count). The number of halogens is 1. The predicted molar refractivity (Wildman–Crippen MR) is 91.5 cm³/mol. The number of carbonyl (C=O) groups is 1. The fraction of sp³-hybridized carbons (Fsp3) is 0.167. The summed E-state index contributed by atoms with van der Waals surface area (Å²) in [5, 5.41) is 2.95. The monoisotopic (exact) mass is 341 g/mol. The van der Waals surface area contributed by atoms with Gasteiger partial charge in [0, 0.05) is 31.7 Å². The minimum absolute atomic E-state index is 0.0130. The Morgan fingerprint density at radius 2 is 2.04 bits per heavy atom. The number of benzene rings is 1. The van der Waals surface area contributed by atoms with Gasteiger partial charge in [0.2, 0.25) is 5.43 Å². The minimum Gasteiger partial charge on any atom is -0.383 e. The van der Waals surface area contributed by atoms with E-state index in [9.17, 15) is 14.0 Å². The molecule has 2 aromatic heterocycles. The SMILES string of the molecule is COCCNC(=O)c1cn(-c2ccc(F)cc2)c2ncccc2c1=O. The van der Waals surface area contributed by atoms with Crippen molar-refractivity contribution in [2.75, 3.05) is 20.3 Å². The van der Waals surface area contributed by atoms with Crippen molar-refractivity contribution in [3.8, 4) is 5.69 Å². The van der Waals surface area contributed by atoms with E-state index >= 15 is 0 Å².